The van der Waals surface area contributed by atoms with Crippen LogP contribution < -0.4 is 5.32 Å². The zero-order chi connectivity index (χ0) is 9.90. The van der Waals surface area contributed by atoms with E-state index in [0.717, 1.165) is 0 Å². The second kappa shape index (κ2) is 4.00. The molecule has 0 spiro atoms. The van der Waals surface area contributed by atoms with Crippen LogP contribution in [0.1, 0.15) is 13.3 Å². The highest BCUT2D eigenvalue weighted by atomic mass is 19.3. The number of ether oxygens (including phenoxy) is 1. The van der Waals surface area contributed by atoms with Crippen molar-refractivity contribution in [1.29, 1.82) is 0 Å². The van der Waals surface area contributed by atoms with E-state index in [0.29, 0.717) is 0 Å². The van der Waals surface area contributed by atoms with Crippen LogP contribution in [-0.2, 0) is 9.53 Å². The van der Waals surface area contributed by atoms with E-state index in [1.54, 1.807) is 6.92 Å². The summed E-state index contributed by atoms with van der Waals surface area (Å²) in [6, 6.07) is 0. The highest BCUT2D eigenvalue weighted by molar-refractivity contribution is 5.74. The molecule has 5 heteroatoms. The van der Waals surface area contributed by atoms with Gasteiger partial charge in [0.2, 0.25) is 0 Å². The molecule has 3 nitrogen and oxygen atoms in total. The number of esters is 1. The molecule has 0 aliphatic carbocycles. The molecule has 76 valence electrons. The molecule has 0 unspecified atom stereocenters. The smallest absolute Gasteiger partial charge is 0.316 e. The van der Waals surface area contributed by atoms with Gasteiger partial charge in [0.15, 0.2) is 0 Å². The van der Waals surface area contributed by atoms with Crippen LogP contribution >= 0.6 is 0 Å². The van der Waals surface area contributed by atoms with E-state index in [-0.39, 0.29) is 26.1 Å². The van der Waals surface area contributed by atoms with Gasteiger partial charge in [-0.1, -0.05) is 0 Å². The van der Waals surface area contributed by atoms with Crippen LogP contribution in [-0.4, -0.2) is 31.6 Å². The number of piperidine rings is 1. The van der Waals surface area contributed by atoms with Crippen molar-refractivity contribution < 1.29 is 18.3 Å². The van der Waals surface area contributed by atoms with Crippen molar-refractivity contribution >= 4 is 5.97 Å². The number of rotatable bonds is 2. The average molecular weight is 193 g/mol. The molecule has 1 aliphatic heterocycles. The van der Waals surface area contributed by atoms with Crippen molar-refractivity contribution in [2.75, 3.05) is 19.7 Å². The quantitative estimate of drug-likeness (QED) is 0.659. The van der Waals surface area contributed by atoms with Gasteiger partial charge in [0, 0.05) is 19.5 Å². The molecule has 1 fully saturated rings. The van der Waals surface area contributed by atoms with Crippen LogP contribution in [0.3, 0.4) is 0 Å². The van der Waals surface area contributed by atoms with Gasteiger partial charge >= 0.3 is 5.97 Å². The first-order valence-corrected chi connectivity index (χ1v) is 4.33. The van der Waals surface area contributed by atoms with Gasteiger partial charge in [-0.25, -0.2) is 8.78 Å². The van der Waals surface area contributed by atoms with Crippen molar-refractivity contribution in [3.8, 4) is 0 Å². The molecule has 1 aliphatic rings. The molecule has 1 heterocycles. The van der Waals surface area contributed by atoms with E-state index in [9.17, 15) is 13.6 Å². The Hall–Kier alpha value is -0.710. The number of carbonyl (C=O) groups excluding carboxylic acids is 1. The van der Waals surface area contributed by atoms with Crippen LogP contribution in [0.5, 0.6) is 0 Å². The fourth-order valence-corrected chi connectivity index (χ4v) is 1.32. The summed E-state index contributed by atoms with van der Waals surface area (Å²) < 4.78 is 30.8. The van der Waals surface area contributed by atoms with Crippen molar-refractivity contribution in [3.63, 3.8) is 0 Å². The summed E-state index contributed by atoms with van der Waals surface area (Å²) in [5, 5.41) is 2.75. The lowest BCUT2D eigenvalue weighted by Gasteiger charge is -2.29. The van der Waals surface area contributed by atoms with Crippen molar-refractivity contribution in [1.82, 2.24) is 5.32 Å². The highest BCUT2D eigenvalue weighted by Crippen LogP contribution is 2.31. The molecule has 0 radical (unpaired) electrons. The van der Waals surface area contributed by atoms with Crippen LogP contribution in [0.2, 0.25) is 0 Å². The number of hydrogen-bond acceptors (Lipinski definition) is 3. The third kappa shape index (κ3) is 2.37. The first kappa shape index (κ1) is 10.4. The van der Waals surface area contributed by atoms with Gasteiger partial charge in [-0.15, -0.1) is 0 Å². The molecule has 0 aromatic heterocycles. The van der Waals surface area contributed by atoms with E-state index in [1.807, 2.05) is 0 Å². The molecule has 1 atom stereocenters. The minimum Gasteiger partial charge on any atom is -0.466 e. The van der Waals surface area contributed by atoms with Gasteiger partial charge < -0.3 is 10.1 Å². The molecule has 1 N–H and O–H groups in total. The third-order valence-electron chi connectivity index (χ3n) is 2.06. The van der Waals surface area contributed by atoms with E-state index in [1.165, 1.54) is 0 Å². The first-order chi connectivity index (χ1) is 6.08. The normalized spacial score (nSPS) is 26.8. The molecule has 0 aromatic carbocycles. The van der Waals surface area contributed by atoms with E-state index in [4.69, 9.17) is 0 Å². The molecule has 1 rings (SSSR count). The number of alkyl halides is 2. The van der Waals surface area contributed by atoms with E-state index < -0.39 is 17.8 Å². The topological polar surface area (TPSA) is 38.3 Å². The van der Waals surface area contributed by atoms with Gasteiger partial charge in [-0.2, -0.15) is 0 Å². The van der Waals surface area contributed by atoms with Crippen LogP contribution in [0, 0.1) is 5.92 Å². The highest BCUT2D eigenvalue weighted by Gasteiger charge is 2.46. The molecule has 0 bridgehead atoms. The third-order valence-corrected chi connectivity index (χ3v) is 2.06. The summed E-state index contributed by atoms with van der Waals surface area (Å²) >= 11 is 0. The Morgan fingerprint density at radius 1 is 1.69 bits per heavy atom. The van der Waals surface area contributed by atoms with Crippen LogP contribution in [0.15, 0.2) is 0 Å². The maximum atomic E-state index is 13.1. The molecule has 0 amide bonds. The summed E-state index contributed by atoms with van der Waals surface area (Å²) in [6.45, 7) is 2.01. The van der Waals surface area contributed by atoms with Crippen molar-refractivity contribution in [3.05, 3.63) is 0 Å². The fraction of sp³-hybridized carbons (Fsp3) is 0.875. The van der Waals surface area contributed by atoms with Crippen molar-refractivity contribution in [2.45, 2.75) is 19.3 Å². The maximum Gasteiger partial charge on any atom is 0.316 e. The van der Waals surface area contributed by atoms with Crippen LogP contribution in [0.4, 0.5) is 8.78 Å². The van der Waals surface area contributed by atoms with Crippen molar-refractivity contribution in [2.24, 2.45) is 5.92 Å². The van der Waals surface area contributed by atoms with Gasteiger partial charge in [0.25, 0.3) is 5.92 Å². The molecule has 0 saturated carbocycles. The molecule has 13 heavy (non-hydrogen) atoms. The van der Waals surface area contributed by atoms with Crippen LogP contribution in [0.25, 0.3) is 0 Å². The lowest BCUT2D eigenvalue weighted by atomic mass is 9.95. The Bertz CT molecular complexity index is 197. The fourth-order valence-electron chi connectivity index (χ4n) is 1.32. The monoisotopic (exact) mass is 193 g/mol. The predicted molar refractivity (Wildman–Crippen MR) is 42.6 cm³/mol. The zero-order valence-corrected chi connectivity index (χ0v) is 7.48. The summed E-state index contributed by atoms with van der Waals surface area (Å²) in [7, 11) is 0. The summed E-state index contributed by atoms with van der Waals surface area (Å²) in [6.07, 6.45) is -0.295. The largest absolute Gasteiger partial charge is 0.466 e. The average Bonchev–Trinajstić information content (AvgIpc) is 2.03. The van der Waals surface area contributed by atoms with Gasteiger partial charge in [0.05, 0.1) is 6.61 Å². The Morgan fingerprint density at radius 3 is 2.92 bits per heavy atom. The Kier molecular flexibility index (Phi) is 3.19. The van der Waals surface area contributed by atoms with Gasteiger partial charge in [0.1, 0.15) is 5.92 Å². The summed E-state index contributed by atoms with van der Waals surface area (Å²) in [4.78, 5) is 11.1. The first-order valence-electron chi connectivity index (χ1n) is 4.33. The molecule has 0 aromatic rings. The molecular weight excluding hydrogens is 180 g/mol. The van der Waals surface area contributed by atoms with E-state index in [2.05, 4.69) is 10.1 Å². The maximum absolute atomic E-state index is 13.1. The Balaban J connectivity index is 2.59. The summed E-state index contributed by atoms with van der Waals surface area (Å²) in [5.41, 5.74) is 0. The predicted octanol–water partition coefficient (Wildman–Crippen LogP) is 0.794. The Morgan fingerprint density at radius 2 is 2.38 bits per heavy atom. The lowest BCUT2D eigenvalue weighted by Crippen LogP contribution is -2.48. The molecular formula is C8H13F2NO2. The Labute approximate surface area is 75.4 Å². The second-order valence-electron chi connectivity index (χ2n) is 3.02. The standard InChI is InChI=1S/C8H13F2NO2/c1-2-13-7(12)6-5-11-4-3-8(6,9)10/h6,11H,2-5H2,1H3/t6-/m1/s1. The van der Waals surface area contributed by atoms with Gasteiger partial charge in [-0.3, -0.25) is 4.79 Å². The molecule has 1 saturated heterocycles. The number of hydrogen-bond donors (Lipinski definition) is 1. The van der Waals surface area contributed by atoms with Gasteiger partial charge in [-0.05, 0) is 6.92 Å². The minimum atomic E-state index is -2.92. The SMILES string of the molecule is CCOC(=O)[C@H]1CNCCC1(F)F. The minimum absolute atomic E-state index is 0.00579. The summed E-state index contributed by atoms with van der Waals surface area (Å²) in [5.74, 6) is -5.04. The zero-order valence-electron chi connectivity index (χ0n) is 7.48. The number of nitrogens with one attached hydrogen (secondary N) is 1. The van der Waals surface area contributed by atoms with E-state index >= 15 is 0 Å². The number of halogens is 2. The number of carbonyl (C=O) groups is 1. The lowest BCUT2D eigenvalue weighted by molar-refractivity contribution is -0.166. The second-order valence-corrected chi connectivity index (χ2v) is 3.02.